The van der Waals surface area contributed by atoms with Crippen LogP contribution in [0.5, 0.6) is 0 Å². The molecule has 25 heteroatoms. The Bertz CT molecular complexity index is 1740. The van der Waals surface area contributed by atoms with Gasteiger partial charge in [0.15, 0.2) is 6.73 Å². The molecule has 2 rings (SSSR count). The second kappa shape index (κ2) is 31.2. The van der Waals surface area contributed by atoms with Gasteiger partial charge in [-0.25, -0.2) is 20.0 Å². The number of aryl methyl sites for hydroxylation is 1. The zero-order chi connectivity index (χ0) is 48.3. The first-order chi connectivity index (χ1) is 31.0. The van der Waals surface area contributed by atoms with E-state index in [1.165, 1.54) is 27.0 Å². The van der Waals surface area contributed by atoms with E-state index in [1.54, 1.807) is 12.3 Å². The summed E-state index contributed by atoms with van der Waals surface area (Å²) in [6.45, 7) is 7.44. The maximum absolute atomic E-state index is 14.0. The van der Waals surface area contributed by atoms with Gasteiger partial charge in [-0.05, 0) is 51.6 Å². The molecule has 9 N–H and O–H groups in total. The highest BCUT2D eigenvalue weighted by molar-refractivity contribution is 8.76. The summed E-state index contributed by atoms with van der Waals surface area (Å²) in [6.07, 6.45) is 4.30. The standard InChI is InChI=1S/C40H66N10O12S3/c1-6-11-33(53)62-24-50(38(57)34(25(3)7-2)46-37(56)29-12-8-9-16-49(29)5)17-10-13-32-45-27(22-63-32)36(55)42-15-14-26(4)35(54)47-48-40(60)61-18-19-64-65-23-28(39(58)59)44-31(52)21-43-30(51)20-41/h22,25-26,28-29,34H,6-21,23-24,41H2,1-5H3,(H,42,55)(H,43,51)(H,44,52)(H,46,56)(H,47,54)(H,48,60)(H,58,59)/t25-,26-,28+,29+,34-/m0/s1. The second-order valence-electron chi connectivity index (χ2n) is 15.3. The van der Waals surface area contributed by atoms with Crippen LogP contribution in [0.3, 0.4) is 0 Å². The molecular formula is C40H66N10O12S3. The number of carbonyl (C=O) groups excluding carboxylic acids is 8. The average molecular weight is 975 g/mol. The molecule has 5 atom stereocenters. The minimum Gasteiger partial charge on any atom is -0.480 e. The smallest absolute Gasteiger partial charge is 0.426 e. The first-order valence-electron chi connectivity index (χ1n) is 21.6. The number of hydrogen-bond donors (Lipinski definition) is 8. The maximum Gasteiger partial charge on any atom is 0.426 e. The van der Waals surface area contributed by atoms with Crippen molar-refractivity contribution < 1.29 is 57.7 Å². The van der Waals surface area contributed by atoms with E-state index in [9.17, 15) is 48.3 Å². The first kappa shape index (κ1) is 56.4. The van der Waals surface area contributed by atoms with Gasteiger partial charge >= 0.3 is 18.0 Å². The maximum atomic E-state index is 14.0. The van der Waals surface area contributed by atoms with Crippen molar-refractivity contribution in [2.45, 2.75) is 104 Å². The number of aliphatic carboxylic acids is 1. The SMILES string of the molecule is CCCC(=O)OCN(CCCc1nc(C(=O)NCC[C@H](C)C(=O)NNC(=O)OCCSSC[C@@H](NC(=O)CNC(=O)CN)C(=O)O)cs1)C(=O)[C@@H](NC(=O)[C@H]1CCCCN1C)[C@@H](C)CC. The molecule has 1 aromatic rings. The number of carboxylic acid groups (broad SMARTS) is 1. The van der Waals surface area contributed by atoms with Crippen LogP contribution >= 0.6 is 32.9 Å². The molecule has 7 amide bonds. The van der Waals surface area contributed by atoms with Crippen LogP contribution in [0.15, 0.2) is 5.38 Å². The molecule has 22 nitrogen and oxygen atoms in total. The summed E-state index contributed by atoms with van der Waals surface area (Å²) in [7, 11) is 4.22. The highest BCUT2D eigenvalue weighted by Gasteiger charge is 2.34. The van der Waals surface area contributed by atoms with Gasteiger partial charge in [-0.3, -0.25) is 43.9 Å². The van der Waals surface area contributed by atoms with E-state index in [0.29, 0.717) is 37.1 Å². The van der Waals surface area contributed by atoms with Crippen molar-refractivity contribution in [3.8, 4) is 0 Å². The number of aromatic nitrogens is 1. The van der Waals surface area contributed by atoms with Crippen LogP contribution in [0.2, 0.25) is 0 Å². The van der Waals surface area contributed by atoms with E-state index in [-0.39, 0.29) is 86.8 Å². The summed E-state index contributed by atoms with van der Waals surface area (Å²) < 4.78 is 10.5. The van der Waals surface area contributed by atoms with E-state index in [4.69, 9.17) is 15.2 Å². The lowest BCUT2D eigenvalue weighted by Gasteiger charge is -2.35. The van der Waals surface area contributed by atoms with Crippen LogP contribution in [0, 0.1) is 11.8 Å². The Morgan fingerprint density at radius 2 is 1.77 bits per heavy atom. The summed E-state index contributed by atoms with van der Waals surface area (Å²) in [4.78, 5) is 119. The van der Waals surface area contributed by atoms with Gasteiger partial charge in [0.1, 0.15) is 24.4 Å². The van der Waals surface area contributed by atoms with Gasteiger partial charge in [0.2, 0.25) is 29.5 Å². The molecular weight excluding hydrogens is 909 g/mol. The highest BCUT2D eigenvalue weighted by Crippen LogP contribution is 2.22. The van der Waals surface area contributed by atoms with Crippen molar-refractivity contribution >= 4 is 86.4 Å². The Labute approximate surface area is 391 Å². The van der Waals surface area contributed by atoms with Crippen LogP contribution in [-0.2, 0) is 49.5 Å². The van der Waals surface area contributed by atoms with Crippen molar-refractivity contribution in [1.82, 2.24) is 46.9 Å². The number of nitrogens with one attached hydrogen (secondary N) is 6. The number of ether oxygens (including phenoxy) is 2. The number of nitrogens with two attached hydrogens (primary N) is 1. The average Bonchev–Trinajstić information content (AvgIpc) is 3.77. The molecule has 1 fully saturated rings. The molecule has 366 valence electrons. The van der Waals surface area contributed by atoms with Gasteiger partial charge in [-0.2, -0.15) is 0 Å². The number of thiazole rings is 1. The zero-order valence-corrected chi connectivity index (χ0v) is 40.2. The summed E-state index contributed by atoms with van der Waals surface area (Å²) >= 11 is 1.28. The monoisotopic (exact) mass is 974 g/mol. The number of carbonyl (C=O) groups is 9. The third-order valence-corrected chi connectivity index (χ3v) is 13.5. The summed E-state index contributed by atoms with van der Waals surface area (Å²) in [5, 5.41) is 21.9. The fraction of sp³-hybridized carbons (Fsp3) is 0.700. The number of carboxylic acids is 1. The normalized spacial score (nSPS) is 15.5. The molecule has 0 spiro atoms. The molecule has 0 unspecified atom stereocenters. The van der Waals surface area contributed by atoms with Crippen molar-refractivity contribution in [3.05, 3.63) is 16.1 Å². The van der Waals surface area contributed by atoms with E-state index >= 15 is 0 Å². The highest BCUT2D eigenvalue weighted by atomic mass is 33.1. The molecule has 1 aliphatic heterocycles. The Kier molecular flexibility index (Phi) is 27.1. The van der Waals surface area contributed by atoms with Gasteiger partial charge < -0.3 is 46.5 Å². The Morgan fingerprint density at radius 1 is 1.02 bits per heavy atom. The van der Waals surface area contributed by atoms with Gasteiger partial charge in [0, 0.05) is 48.7 Å². The number of hydrazine groups is 1. The topological polar surface area (TPSA) is 310 Å². The molecule has 2 heterocycles. The number of esters is 1. The largest absolute Gasteiger partial charge is 0.480 e. The predicted molar refractivity (Wildman–Crippen MR) is 245 cm³/mol. The lowest BCUT2D eigenvalue weighted by atomic mass is 9.96. The number of nitrogens with zero attached hydrogens (tertiary/aromatic N) is 3. The second-order valence-corrected chi connectivity index (χ2v) is 18.9. The van der Waals surface area contributed by atoms with Crippen molar-refractivity contribution in [2.75, 3.05) is 64.6 Å². The van der Waals surface area contributed by atoms with Gasteiger partial charge in [-0.1, -0.05) is 62.1 Å². The number of likely N-dealkylation sites (N-methyl/N-ethyl adjacent to an activating group) is 1. The number of likely N-dealkylation sites (tertiary alicyclic amines) is 1. The van der Waals surface area contributed by atoms with Crippen molar-refractivity contribution in [1.29, 1.82) is 0 Å². The van der Waals surface area contributed by atoms with E-state index in [2.05, 4.69) is 37.1 Å². The molecule has 1 saturated heterocycles. The van der Waals surface area contributed by atoms with Crippen molar-refractivity contribution in [2.24, 2.45) is 17.6 Å². The van der Waals surface area contributed by atoms with Crippen LogP contribution in [0.25, 0.3) is 0 Å². The fourth-order valence-electron chi connectivity index (χ4n) is 6.06. The number of piperidine rings is 1. The van der Waals surface area contributed by atoms with Crippen LogP contribution in [0.1, 0.15) is 94.6 Å². The zero-order valence-electron chi connectivity index (χ0n) is 37.8. The predicted octanol–water partition coefficient (Wildman–Crippen LogP) is 0.759. The summed E-state index contributed by atoms with van der Waals surface area (Å²) in [5.74, 6) is -4.94. The molecule has 1 aromatic heterocycles. The first-order valence-corrected chi connectivity index (χ1v) is 25.0. The number of rotatable bonds is 29. The fourth-order valence-corrected chi connectivity index (χ4v) is 8.86. The molecule has 0 radical (unpaired) electrons. The van der Waals surface area contributed by atoms with E-state index in [1.807, 2.05) is 32.7 Å². The van der Waals surface area contributed by atoms with E-state index < -0.39 is 66.2 Å². The molecule has 0 aliphatic carbocycles. The Hall–Kier alpha value is -4.72. The van der Waals surface area contributed by atoms with Crippen LogP contribution in [0.4, 0.5) is 4.79 Å². The van der Waals surface area contributed by atoms with Crippen LogP contribution in [-0.4, -0.2) is 156 Å². The minimum absolute atomic E-state index is 0.00493. The Morgan fingerprint density at radius 3 is 2.45 bits per heavy atom. The van der Waals surface area contributed by atoms with Gasteiger partial charge in [0.25, 0.3) is 5.91 Å². The number of hydrogen-bond acceptors (Lipinski definition) is 17. The van der Waals surface area contributed by atoms with E-state index in [0.717, 1.165) is 30.2 Å². The van der Waals surface area contributed by atoms with Crippen LogP contribution < -0.4 is 37.9 Å². The van der Waals surface area contributed by atoms with Gasteiger partial charge in [-0.15, -0.1) is 11.3 Å². The summed E-state index contributed by atoms with van der Waals surface area (Å²) in [5.41, 5.74) is 9.74. The molecule has 0 bridgehead atoms. The van der Waals surface area contributed by atoms with Gasteiger partial charge in [0.05, 0.1) is 24.1 Å². The molecule has 0 aromatic carbocycles. The Balaban J connectivity index is 1.77. The lowest BCUT2D eigenvalue weighted by Crippen LogP contribution is -2.57. The lowest BCUT2D eigenvalue weighted by molar-refractivity contribution is -0.155. The molecule has 65 heavy (non-hydrogen) atoms. The quantitative estimate of drug-likeness (QED) is 0.0181. The minimum atomic E-state index is -1.26. The third kappa shape index (κ3) is 21.9. The summed E-state index contributed by atoms with van der Waals surface area (Å²) in [6, 6.07) is -2.34. The van der Waals surface area contributed by atoms with Crippen molar-refractivity contribution in [3.63, 3.8) is 0 Å². The molecule has 0 saturated carbocycles. The number of amides is 7. The molecule has 1 aliphatic rings. The third-order valence-electron chi connectivity index (χ3n) is 10.2.